The number of ketones is 1. The third-order valence-corrected chi connectivity index (χ3v) is 12.8. The molecule has 1 N–H and O–H groups in total. The molecular weight excluding hydrogens is 945 g/mol. The Morgan fingerprint density at radius 2 is 1.05 bits per heavy atom. The maximum absolute atomic E-state index is 10.0. The van der Waals surface area contributed by atoms with Crippen molar-refractivity contribution in [2.45, 2.75) is 105 Å². The molecular formula is C55H56IrN2O4-2. The Kier molecular flexibility index (Phi) is 13.7. The van der Waals surface area contributed by atoms with Gasteiger partial charge in [-0.05, 0) is 135 Å². The Labute approximate surface area is 379 Å². The first-order valence-corrected chi connectivity index (χ1v) is 21.8. The number of allylic oxidation sites excluding steroid dienone is 2. The number of hydrogen-bond acceptors (Lipinski definition) is 6. The van der Waals surface area contributed by atoms with E-state index in [2.05, 4.69) is 98.3 Å². The van der Waals surface area contributed by atoms with Crippen molar-refractivity contribution in [3.63, 3.8) is 0 Å². The summed E-state index contributed by atoms with van der Waals surface area (Å²) in [6.45, 7) is 12.4. The molecule has 0 bridgehead atoms. The molecule has 2 aliphatic rings. The molecule has 7 heteroatoms. The molecule has 1 radical (unpaired) electrons. The first-order chi connectivity index (χ1) is 29.3. The van der Waals surface area contributed by atoms with E-state index in [0.717, 1.165) is 66.4 Å². The molecule has 2 saturated carbocycles. The van der Waals surface area contributed by atoms with Gasteiger partial charge in [0, 0.05) is 60.1 Å². The molecule has 4 aromatic carbocycles. The summed E-state index contributed by atoms with van der Waals surface area (Å²) in [5, 5.41) is 12.8. The van der Waals surface area contributed by atoms with Crippen LogP contribution in [0.25, 0.3) is 66.4 Å². The van der Waals surface area contributed by atoms with Crippen molar-refractivity contribution in [1.29, 1.82) is 0 Å². The predicted octanol–water partition coefficient (Wildman–Crippen LogP) is 15.3. The van der Waals surface area contributed by atoms with Gasteiger partial charge in [0.25, 0.3) is 0 Å². The van der Waals surface area contributed by atoms with Gasteiger partial charge in [0.2, 0.25) is 0 Å². The molecule has 8 aromatic rings. The van der Waals surface area contributed by atoms with Crippen molar-refractivity contribution in [3.05, 3.63) is 145 Å². The number of benzene rings is 4. The Balaban J connectivity index is 0.000000160. The zero-order chi connectivity index (χ0) is 42.7. The topological polar surface area (TPSA) is 89.4 Å². The van der Waals surface area contributed by atoms with E-state index in [0.29, 0.717) is 22.7 Å². The molecule has 0 amide bonds. The number of rotatable bonds is 5. The largest absolute Gasteiger partial charge is 0.512 e. The van der Waals surface area contributed by atoms with Gasteiger partial charge in [-0.15, -0.1) is 71.8 Å². The Morgan fingerprint density at radius 1 is 0.629 bits per heavy atom. The van der Waals surface area contributed by atoms with Crippen LogP contribution in [0.2, 0.25) is 0 Å². The van der Waals surface area contributed by atoms with Gasteiger partial charge in [-0.1, -0.05) is 52.0 Å². The number of carbonyl (C=O) groups is 1. The summed E-state index contributed by atoms with van der Waals surface area (Å²) in [5.74, 6) is 1.24. The van der Waals surface area contributed by atoms with Crippen molar-refractivity contribution >= 4 is 49.7 Å². The minimum absolute atomic E-state index is 0. The molecule has 0 saturated heterocycles. The number of fused-ring (bicyclic) bond motifs is 6. The summed E-state index contributed by atoms with van der Waals surface area (Å²) in [7, 11) is 0. The van der Waals surface area contributed by atoms with Crippen LogP contribution in [0.3, 0.4) is 0 Å². The first kappa shape index (κ1) is 44.7. The Bertz CT molecular complexity index is 2630. The number of carbonyl (C=O) groups excluding carboxylic acids is 1. The smallest absolute Gasteiger partial charge is 0.155 e. The van der Waals surface area contributed by atoms with E-state index in [1.165, 1.54) is 82.4 Å². The Hall–Kier alpha value is -5.36. The fourth-order valence-electron chi connectivity index (χ4n) is 9.23. The molecule has 62 heavy (non-hydrogen) atoms. The first-order valence-electron chi connectivity index (χ1n) is 21.8. The van der Waals surface area contributed by atoms with E-state index in [9.17, 15) is 4.79 Å². The van der Waals surface area contributed by atoms with Gasteiger partial charge in [0.1, 0.15) is 22.3 Å². The third kappa shape index (κ3) is 10.1. The van der Waals surface area contributed by atoms with Gasteiger partial charge in [-0.25, -0.2) is 0 Å². The maximum Gasteiger partial charge on any atom is 0.155 e. The molecule has 321 valence electrons. The summed E-state index contributed by atoms with van der Waals surface area (Å²) in [5.41, 5.74) is 11.4. The quantitative estimate of drug-likeness (QED) is 0.105. The van der Waals surface area contributed by atoms with Gasteiger partial charge < -0.3 is 23.9 Å². The van der Waals surface area contributed by atoms with E-state index in [1.54, 1.807) is 0 Å². The van der Waals surface area contributed by atoms with Gasteiger partial charge in [-0.3, -0.25) is 4.79 Å². The average molecular weight is 1000 g/mol. The normalized spacial score (nSPS) is 16.6. The molecule has 2 aliphatic carbocycles. The van der Waals surface area contributed by atoms with E-state index < -0.39 is 0 Å². The molecule has 0 unspecified atom stereocenters. The molecule has 6 nitrogen and oxygen atoms in total. The van der Waals surface area contributed by atoms with Gasteiger partial charge in [0.05, 0.1) is 5.76 Å². The van der Waals surface area contributed by atoms with Crippen molar-refractivity contribution in [2.75, 3.05) is 0 Å². The van der Waals surface area contributed by atoms with Crippen LogP contribution in [0.1, 0.15) is 116 Å². The zero-order valence-corrected chi connectivity index (χ0v) is 39.1. The van der Waals surface area contributed by atoms with E-state index in [4.69, 9.17) is 13.9 Å². The molecule has 4 heterocycles. The number of furan rings is 2. The average Bonchev–Trinajstić information content (AvgIpc) is 3.82. The SMILES string of the molecule is CC(=O)/C=C(/C)O.CC1(C)CCC(c2ccc3c(c2)oc2ccnc(-c4[c-]cccc4)c23)CC1.CC1(C)CCC(c2ccc3c(c2)oc2ccnc(-c4[c-]cccc4)c23)CC1.[Ir]. The molecule has 2 fully saturated rings. The van der Waals surface area contributed by atoms with E-state index in [1.807, 2.05) is 60.9 Å². The van der Waals surface area contributed by atoms with Crippen LogP contribution in [0.4, 0.5) is 0 Å². The van der Waals surface area contributed by atoms with Crippen LogP contribution in [0.5, 0.6) is 0 Å². The fourth-order valence-corrected chi connectivity index (χ4v) is 9.23. The van der Waals surface area contributed by atoms with Crippen molar-refractivity contribution in [1.82, 2.24) is 9.97 Å². The molecule has 10 rings (SSSR count). The van der Waals surface area contributed by atoms with Crippen LogP contribution < -0.4 is 0 Å². The molecule has 0 spiro atoms. The fraction of sp³-hybridized carbons (Fsp3) is 0.327. The number of aliphatic hydroxyl groups excluding tert-OH is 1. The second-order valence-corrected chi connectivity index (χ2v) is 18.6. The molecule has 0 atom stereocenters. The monoisotopic (exact) mass is 1000 g/mol. The standard InChI is InChI=1S/2C25H24NO.C5H8O2.Ir/c2*1-25(2)13-10-17(11-14-25)19-8-9-20-22(16-19)27-21-12-15-26-24(23(20)21)18-6-4-3-5-7-18;1-4(6)3-5(2)7;/h2*3-6,8-9,12,15-17H,10-11,13-14H2,1-2H3;3,6H,1-2H3;/q2*-1;;/b;;4-3-;. The van der Waals surface area contributed by atoms with Crippen LogP contribution in [0, 0.1) is 23.0 Å². The van der Waals surface area contributed by atoms with Gasteiger partial charge in [-0.2, -0.15) is 0 Å². The van der Waals surface area contributed by atoms with Crippen LogP contribution in [-0.4, -0.2) is 20.9 Å². The summed E-state index contributed by atoms with van der Waals surface area (Å²) in [6, 6.07) is 40.1. The summed E-state index contributed by atoms with van der Waals surface area (Å²) < 4.78 is 12.5. The minimum Gasteiger partial charge on any atom is -0.512 e. The number of hydrogen-bond donors (Lipinski definition) is 1. The molecule has 4 aromatic heterocycles. The summed E-state index contributed by atoms with van der Waals surface area (Å²) in [6.07, 6.45) is 15.1. The third-order valence-electron chi connectivity index (χ3n) is 12.8. The van der Waals surface area contributed by atoms with Crippen molar-refractivity contribution in [3.8, 4) is 22.5 Å². The second-order valence-electron chi connectivity index (χ2n) is 18.6. The summed E-state index contributed by atoms with van der Waals surface area (Å²) >= 11 is 0. The second kappa shape index (κ2) is 18.9. The number of aromatic nitrogens is 2. The summed E-state index contributed by atoms with van der Waals surface area (Å²) in [4.78, 5) is 19.3. The minimum atomic E-state index is -0.125. The van der Waals surface area contributed by atoms with Crippen molar-refractivity contribution < 1.29 is 38.8 Å². The van der Waals surface area contributed by atoms with Crippen LogP contribution >= 0.6 is 0 Å². The number of nitrogens with zero attached hydrogens (tertiary/aromatic N) is 2. The van der Waals surface area contributed by atoms with Crippen LogP contribution in [-0.2, 0) is 24.9 Å². The predicted molar refractivity (Wildman–Crippen MR) is 249 cm³/mol. The van der Waals surface area contributed by atoms with Crippen LogP contribution in [0.15, 0.2) is 130 Å². The number of aliphatic hydroxyl groups is 1. The zero-order valence-electron chi connectivity index (χ0n) is 36.7. The van der Waals surface area contributed by atoms with Crippen molar-refractivity contribution in [2.24, 2.45) is 10.8 Å². The van der Waals surface area contributed by atoms with Gasteiger partial charge >= 0.3 is 0 Å². The molecule has 0 aliphatic heterocycles. The van der Waals surface area contributed by atoms with Gasteiger partial charge in [0.15, 0.2) is 5.78 Å². The Morgan fingerprint density at radius 3 is 1.39 bits per heavy atom. The maximum atomic E-state index is 10.0. The number of pyridine rings is 2. The van der Waals surface area contributed by atoms with E-state index in [-0.39, 0.29) is 31.6 Å². The van der Waals surface area contributed by atoms with E-state index >= 15 is 0 Å².